The molecule has 0 spiro atoms. The maximum absolute atomic E-state index is 11.2. The van der Waals surface area contributed by atoms with E-state index in [0.717, 1.165) is 0 Å². The predicted octanol–water partition coefficient (Wildman–Crippen LogP) is -0.513. The topological polar surface area (TPSA) is 106 Å². The van der Waals surface area contributed by atoms with Gasteiger partial charge in [-0.25, -0.2) is 4.79 Å². The Labute approximate surface area is 77.1 Å². The van der Waals surface area contributed by atoms with Gasteiger partial charge < -0.3 is 16.6 Å². The van der Waals surface area contributed by atoms with Gasteiger partial charge >= 0.3 is 5.97 Å². The highest BCUT2D eigenvalue weighted by molar-refractivity contribution is 6.07. The summed E-state index contributed by atoms with van der Waals surface area (Å²) in [5.41, 5.74) is 8.95. The third-order valence-corrected chi connectivity index (χ3v) is 1.98. The second kappa shape index (κ2) is 4.94. The molecule has 0 aliphatic carbocycles. The summed E-state index contributed by atoms with van der Waals surface area (Å²) in [4.78, 5) is 22.0. The molecule has 0 aromatic carbocycles. The van der Waals surface area contributed by atoms with Gasteiger partial charge in [-0.2, -0.15) is 0 Å². The first-order valence-corrected chi connectivity index (χ1v) is 4.24. The quantitative estimate of drug-likeness (QED) is 0.486. The maximum atomic E-state index is 11.2. The van der Waals surface area contributed by atoms with Crippen LogP contribution in [0.3, 0.4) is 0 Å². The second-order valence-electron chi connectivity index (χ2n) is 2.95. The van der Waals surface area contributed by atoms with Crippen molar-refractivity contribution in [2.75, 3.05) is 6.54 Å². The third kappa shape index (κ3) is 2.78. The van der Waals surface area contributed by atoms with Gasteiger partial charge in [0.25, 0.3) is 0 Å². The van der Waals surface area contributed by atoms with Gasteiger partial charge in [0.2, 0.25) is 0 Å². The summed E-state index contributed by atoms with van der Waals surface area (Å²) in [5, 5.41) is 8.77. The molecule has 0 bridgehead atoms. The van der Waals surface area contributed by atoms with Crippen molar-refractivity contribution in [2.45, 2.75) is 31.7 Å². The molecule has 5 heteroatoms. The molecule has 5 N–H and O–H groups in total. The number of carbonyl (C=O) groups excluding carboxylic acids is 1. The van der Waals surface area contributed by atoms with Crippen molar-refractivity contribution in [1.82, 2.24) is 0 Å². The van der Waals surface area contributed by atoms with Gasteiger partial charge in [-0.05, 0) is 19.4 Å². The average Bonchev–Trinajstić information content (AvgIpc) is 2.12. The van der Waals surface area contributed by atoms with Crippen LogP contribution in [-0.2, 0) is 9.59 Å². The van der Waals surface area contributed by atoms with Gasteiger partial charge in [-0.3, -0.25) is 4.79 Å². The van der Waals surface area contributed by atoms with Gasteiger partial charge in [0.1, 0.15) is 0 Å². The Kier molecular flexibility index (Phi) is 4.58. The number of aliphatic carboxylic acids is 1. The molecule has 5 nitrogen and oxygen atoms in total. The van der Waals surface area contributed by atoms with Gasteiger partial charge in [0, 0.05) is 6.42 Å². The molecule has 0 amide bonds. The van der Waals surface area contributed by atoms with E-state index in [0.29, 0.717) is 13.0 Å². The van der Waals surface area contributed by atoms with Crippen LogP contribution in [0.4, 0.5) is 0 Å². The van der Waals surface area contributed by atoms with Crippen LogP contribution < -0.4 is 11.5 Å². The summed E-state index contributed by atoms with van der Waals surface area (Å²) in [7, 11) is 0. The Balaban J connectivity index is 4.52. The molecule has 0 fully saturated rings. The molecule has 1 atom stereocenters. The minimum Gasteiger partial charge on any atom is -0.480 e. The summed E-state index contributed by atoms with van der Waals surface area (Å²) in [6.07, 6.45) is 0.674. The van der Waals surface area contributed by atoms with Crippen molar-refractivity contribution < 1.29 is 14.7 Å². The van der Waals surface area contributed by atoms with E-state index in [-0.39, 0.29) is 12.8 Å². The lowest BCUT2D eigenvalue weighted by molar-refractivity contribution is -0.148. The number of ketones is 1. The molecule has 13 heavy (non-hydrogen) atoms. The van der Waals surface area contributed by atoms with Crippen molar-refractivity contribution in [3.63, 3.8) is 0 Å². The molecule has 0 unspecified atom stereocenters. The zero-order valence-electron chi connectivity index (χ0n) is 7.75. The van der Waals surface area contributed by atoms with Crippen molar-refractivity contribution >= 4 is 11.8 Å². The standard InChI is InChI=1S/C8H16N2O3/c1-2-6(11)8(10,7(12)13)4-3-5-9/h2-5,9-10H2,1H3,(H,12,13)/t8-/m1/s1. The third-order valence-electron chi connectivity index (χ3n) is 1.98. The van der Waals surface area contributed by atoms with Crippen molar-refractivity contribution in [2.24, 2.45) is 11.5 Å². The van der Waals surface area contributed by atoms with Crippen LogP contribution in [0.1, 0.15) is 26.2 Å². The number of Topliss-reactive ketones (excluding diaryl/α,β-unsaturated/α-hetero) is 1. The summed E-state index contributed by atoms with van der Waals surface area (Å²) in [6, 6.07) is 0. The lowest BCUT2D eigenvalue weighted by Gasteiger charge is -2.21. The summed E-state index contributed by atoms with van der Waals surface area (Å²) < 4.78 is 0. The lowest BCUT2D eigenvalue weighted by Crippen LogP contribution is -2.54. The number of carboxylic acid groups (broad SMARTS) is 1. The first kappa shape index (κ1) is 12.1. The number of hydrogen-bond acceptors (Lipinski definition) is 4. The summed E-state index contributed by atoms with van der Waals surface area (Å²) in [6.45, 7) is 1.93. The minimum absolute atomic E-state index is 0.103. The zero-order chi connectivity index (χ0) is 10.5. The number of carboxylic acids is 1. The normalized spacial score (nSPS) is 15.0. The van der Waals surface area contributed by atoms with Crippen molar-refractivity contribution in [1.29, 1.82) is 0 Å². The average molecular weight is 188 g/mol. The molecule has 0 heterocycles. The molecule has 0 rings (SSSR count). The van der Waals surface area contributed by atoms with Gasteiger partial charge in [0.05, 0.1) is 0 Å². The Morgan fingerprint density at radius 2 is 2.00 bits per heavy atom. The molecular formula is C8H16N2O3. The number of nitrogens with two attached hydrogens (primary N) is 2. The first-order valence-electron chi connectivity index (χ1n) is 4.24. The van der Waals surface area contributed by atoms with Crippen LogP contribution >= 0.6 is 0 Å². The molecule has 0 aliphatic heterocycles. The maximum Gasteiger partial charge on any atom is 0.331 e. The fourth-order valence-corrected chi connectivity index (χ4v) is 1.06. The van der Waals surface area contributed by atoms with Gasteiger partial charge in [-0.1, -0.05) is 6.92 Å². The molecule has 0 radical (unpaired) electrons. The molecule has 76 valence electrons. The van der Waals surface area contributed by atoms with Crippen molar-refractivity contribution in [3.8, 4) is 0 Å². The second-order valence-corrected chi connectivity index (χ2v) is 2.95. The van der Waals surface area contributed by atoms with Crippen LogP contribution in [0.5, 0.6) is 0 Å². The summed E-state index contributed by atoms with van der Waals surface area (Å²) in [5.74, 6) is -1.72. The highest BCUT2D eigenvalue weighted by Gasteiger charge is 2.39. The van der Waals surface area contributed by atoms with Gasteiger partial charge in [-0.15, -0.1) is 0 Å². The van der Waals surface area contributed by atoms with Crippen LogP contribution in [0.25, 0.3) is 0 Å². The van der Waals surface area contributed by atoms with E-state index in [2.05, 4.69) is 0 Å². The largest absolute Gasteiger partial charge is 0.480 e. The fourth-order valence-electron chi connectivity index (χ4n) is 1.06. The zero-order valence-corrected chi connectivity index (χ0v) is 7.75. The number of rotatable bonds is 6. The number of carbonyl (C=O) groups is 2. The Bertz CT molecular complexity index is 206. The van der Waals surface area contributed by atoms with Crippen LogP contribution in [0.2, 0.25) is 0 Å². The van der Waals surface area contributed by atoms with E-state index < -0.39 is 17.3 Å². The van der Waals surface area contributed by atoms with Crippen LogP contribution in [0.15, 0.2) is 0 Å². The predicted molar refractivity (Wildman–Crippen MR) is 48.1 cm³/mol. The molecule has 0 aliphatic rings. The van der Waals surface area contributed by atoms with E-state index in [1.54, 1.807) is 6.92 Å². The first-order chi connectivity index (χ1) is 5.99. The fraction of sp³-hybridized carbons (Fsp3) is 0.750. The van der Waals surface area contributed by atoms with E-state index in [1.165, 1.54) is 0 Å². The Morgan fingerprint density at radius 1 is 1.46 bits per heavy atom. The van der Waals surface area contributed by atoms with Crippen molar-refractivity contribution in [3.05, 3.63) is 0 Å². The molecular weight excluding hydrogens is 172 g/mol. The number of hydrogen-bond donors (Lipinski definition) is 3. The highest BCUT2D eigenvalue weighted by atomic mass is 16.4. The van der Waals surface area contributed by atoms with Gasteiger partial charge in [0.15, 0.2) is 11.3 Å². The van der Waals surface area contributed by atoms with E-state index in [4.69, 9.17) is 16.6 Å². The monoisotopic (exact) mass is 188 g/mol. The molecule has 0 aromatic heterocycles. The Hall–Kier alpha value is -0.940. The van der Waals surface area contributed by atoms with E-state index in [1.807, 2.05) is 0 Å². The van der Waals surface area contributed by atoms with E-state index >= 15 is 0 Å². The smallest absolute Gasteiger partial charge is 0.331 e. The van der Waals surface area contributed by atoms with Crippen LogP contribution in [0, 0.1) is 0 Å². The summed E-state index contributed by atoms with van der Waals surface area (Å²) >= 11 is 0. The minimum atomic E-state index is -1.74. The van der Waals surface area contributed by atoms with E-state index in [9.17, 15) is 9.59 Å². The molecule has 0 aromatic rings. The SMILES string of the molecule is CCC(=O)[C@](N)(CCCN)C(=O)O. The molecule has 0 saturated carbocycles. The molecule has 0 saturated heterocycles. The lowest BCUT2D eigenvalue weighted by atomic mass is 9.88. The Morgan fingerprint density at radius 3 is 2.31 bits per heavy atom. The van der Waals surface area contributed by atoms with Crippen LogP contribution in [-0.4, -0.2) is 28.9 Å². The highest BCUT2D eigenvalue weighted by Crippen LogP contribution is 2.13.